The van der Waals surface area contributed by atoms with Gasteiger partial charge in [-0.15, -0.1) is 0 Å². The van der Waals surface area contributed by atoms with Gasteiger partial charge in [-0.2, -0.15) is 5.10 Å². The number of benzene rings is 2. The lowest BCUT2D eigenvalue weighted by molar-refractivity contribution is -0.114. The monoisotopic (exact) mass is 552 g/mol. The van der Waals surface area contributed by atoms with Crippen molar-refractivity contribution in [3.05, 3.63) is 78.1 Å². The molecule has 0 spiro atoms. The number of pyridine rings is 1. The molecule has 0 aliphatic carbocycles. The molecule has 2 aromatic heterocycles. The SMILES string of the molecule is CN/N=C(\N)C(c1ccccc1)N1CC2CCC1CN2C(=O)c1cc(-c2nc3cc(NC(C)=O)ccc3o2)ccn1. The van der Waals surface area contributed by atoms with Crippen molar-refractivity contribution in [1.29, 1.82) is 0 Å². The van der Waals surface area contributed by atoms with Gasteiger partial charge in [-0.3, -0.25) is 19.5 Å². The zero-order valence-electron chi connectivity index (χ0n) is 22.9. The highest BCUT2D eigenvalue weighted by Crippen LogP contribution is 2.36. The molecule has 2 amide bonds. The van der Waals surface area contributed by atoms with E-state index < -0.39 is 0 Å². The summed E-state index contributed by atoms with van der Waals surface area (Å²) in [4.78, 5) is 38.5. The summed E-state index contributed by atoms with van der Waals surface area (Å²) in [6.45, 7) is 2.73. The Labute approximate surface area is 237 Å². The summed E-state index contributed by atoms with van der Waals surface area (Å²) in [7, 11) is 1.74. The number of rotatable bonds is 7. The first kappa shape index (κ1) is 26.5. The quantitative estimate of drug-likeness (QED) is 0.180. The smallest absolute Gasteiger partial charge is 0.272 e. The normalized spacial score (nSPS) is 19.8. The molecule has 2 bridgehead atoms. The van der Waals surface area contributed by atoms with Crippen molar-refractivity contribution < 1.29 is 14.0 Å². The van der Waals surface area contributed by atoms with Crippen molar-refractivity contribution >= 4 is 34.4 Å². The Bertz CT molecular complexity index is 1620. The fourth-order valence-corrected chi connectivity index (χ4v) is 5.94. The fourth-order valence-electron chi connectivity index (χ4n) is 5.94. The van der Waals surface area contributed by atoms with Gasteiger partial charge in [-0.1, -0.05) is 30.3 Å². The number of hydrazone groups is 1. The van der Waals surface area contributed by atoms with Gasteiger partial charge in [-0.05, 0) is 48.7 Å². The fraction of sp³-hybridized carbons (Fsp3) is 0.300. The van der Waals surface area contributed by atoms with Crippen LogP contribution in [0.2, 0.25) is 0 Å². The average Bonchev–Trinajstić information content (AvgIpc) is 3.41. The van der Waals surface area contributed by atoms with Gasteiger partial charge in [0, 0.05) is 56.6 Å². The second kappa shape index (κ2) is 11.0. The standard InChI is InChI=1S/C30H32N8O3/c1-18(39)34-21-8-11-26-24(15-21)35-29(41-26)20-12-13-33-25(14-20)30(40)38-17-22-9-10-23(38)16-37(22)27(28(31)36-32-2)19-6-4-3-5-7-19/h3-8,11-15,22-23,27,32H,9-10,16-17H2,1-2H3,(H2,31,36)(H,34,39). The first-order chi connectivity index (χ1) is 19.9. The molecule has 3 saturated heterocycles. The van der Waals surface area contributed by atoms with Gasteiger partial charge in [0.1, 0.15) is 17.0 Å². The molecule has 0 saturated carbocycles. The van der Waals surface area contributed by atoms with Crippen molar-refractivity contribution in [3.63, 3.8) is 0 Å². The van der Waals surface area contributed by atoms with E-state index in [1.165, 1.54) is 6.92 Å². The molecule has 3 fully saturated rings. The van der Waals surface area contributed by atoms with Crippen molar-refractivity contribution in [2.24, 2.45) is 10.8 Å². The van der Waals surface area contributed by atoms with Crippen LogP contribution in [0.1, 0.15) is 41.9 Å². The van der Waals surface area contributed by atoms with Gasteiger partial charge in [0.05, 0.1) is 6.04 Å². The third-order valence-corrected chi connectivity index (χ3v) is 7.73. The second-order valence-corrected chi connectivity index (χ2v) is 10.4. The van der Waals surface area contributed by atoms with E-state index in [2.05, 4.69) is 42.8 Å². The largest absolute Gasteiger partial charge is 0.436 e. The Morgan fingerprint density at radius 3 is 2.61 bits per heavy atom. The minimum atomic E-state index is -0.180. The number of fused-ring (bicyclic) bond motifs is 4. The lowest BCUT2D eigenvalue weighted by Crippen LogP contribution is -2.65. The number of oxazole rings is 1. The number of aromatic nitrogens is 2. The number of piperidine rings is 2. The molecule has 210 valence electrons. The summed E-state index contributed by atoms with van der Waals surface area (Å²) < 4.78 is 5.96. The van der Waals surface area contributed by atoms with E-state index in [4.69, 9.17) is 10.2 Å². The van der Waals surface area contributed by atoms with Crippen LogP contribution in [0, 0.1) is 0 Å². The second-order valence-electron chi connectivity index (χ2n) is 10.4. The van der Waals surface area contributed by atoms with Gasteiger partial charge in [-0.25, -0.2) is 4.98 Å². The Morgan fingerprint density at radius 2 is 1.88 bits per heavy atom. The van der Waals surface area contributed by atoms with Crippen molar-refractivity contribution in [2.45, 2.75) is 37.9 Å². The third-order valence-electron chi connectivity index (χ3n) is 7.73. The van der Waals surface area contributed by atoms with Crippen molar-refractivity contribution in [2.75, 3.05) is 25.5 Å². The number of amides is 2. The number of piperazine rings is 1. The summed E-state index contributed by atoms with van der Waals surface area (Å²) in [5.74, 6) is 0.609. The summed E-state index contributed by atoms with van der Waals surface area (Å²) in [6, 6.07) is 18.9. The number of hydrogen-bond donors (Lipinski definition) is 3. The van der Waals surface area contributed by atoms with E-state index >= 15 is 0 Å². The van der Waals surface area contributed by atoms with Gasteiger partial charge < -0.3 is 25.8 Å². The zero-order valence-corrected chi connectivity index (χ0v) is 22.9. The van der Waals surface area contributed by atoms with Gasteiger partial charge in [0.2, 0.25) is 11.8 Å². The maximum absolute atomic E-state index is 13.8. The third kappa shape index (κ3) is 5.23. The molecule has 3 atom stereocenters. The van der Waals surface area contributed by atoms with E-state index in [1.807, 2.05) is 23.1 Å². The predicted octanol–water partition coefficient (Wildman–Crippen LogP) is 3.37. The van der Waals surface area contributed by atoms with E-state index in [1.54, 1.807) is 43.6 Å². The molecule has 11 nitrogen and oxygen atoms in total. The molecule has 3 aliphatic heterocycles. The van der Waals surface area contributed by atoms with Crippen LogP contribution in [-0.2, 0) is 4.79 Å². The molecule has 3 aliphatic rings. The number of nitrogens with two attached hydrogens (primary N) is 1. The van der Waals surface area contributed by atoms with Crippen LogP contribution >= 0.6 is 0 Å². The minimum Gasteiger partial charge on any atom is -0.436 e. The molecule has 41 heavy (non-hydrogen) atoms. The highest BCUT2D eigenvalue weighted by atomic mass is 16.3. The van der Waals surface area contributed by atoms with Gasteiger partial charge in [0.25, 0.3) is 5.91 Å². The molecule has 7 rings (SSSR count). The van der Waals surface area contributed by atoms with Crippen LogP contribution < -0.4 is 16.5 Å². The van der Waals surface area contributed by atoms with E-state index in [0.29, 0.717) is 52.9 Å². The number of amidine groups is 1. The number of nitrogens with one attached hydrogen (secondary N) is 2. The number of carbonyl (C=O) groups excluding carboxylic acids is 2. The summed E-state index contributed by atoms with van der Waals surface area (Å²) in [5.41, 5.74) is 13.2. The van der Waals surface area contributed by atoms with E-state index in [9.17, 15) is 9.59 Å². The molecule has 2 aromatic carbocycles. The highest BCUT2D eigenvalue weighted by Gasteiger charge is 2.45. The Morgan fingerprint density at radius 1 is 1.07 bits per heavy atom. The van der Waals surface area contributed by atoms with Crippen LogP contribution in [0.4, 0.5) is 5.69 Å². The molecule has 4 aromatic rings. The Balaban J connectivity index is 1.23. The number of hydrogen-bond acceptors (Lipinski definition) is 8. The van der Waals surface area contributed by atoms with Crippen molar-refractivity contribution in [3.8, 4) is 11.5 Å². The van der Waals surface area contributed by atoms with E-state index in [0.717, 1.165) is 18.4 Å². The van der Waals surface area contributed by atoms with Crippen LogP contribution in [-0.4, -0.2) is 69.6 Å². The average molecular weight is 553 g/mol. The van der Waals surface area contributed by atoms with Crippen molar-refractivity contribution in [1.82, 2.24) is 25.2 Å². The van der Waals surface area contributed by atoms with Crippen LogP contribution in [0.15, 0.2) is 76.4 Å². The lowest BCUT2D eigenvalue weighted by Gasteiger charge is -2.53. The van der Waals surface area contributed by atoms with E-state index in [-0.39, 0.29) is 29.9 Å². The van der Waals surface area contributed by atoms with Crippen LogP contribution in [0.25, 0.3) is 22.6 Å². The number of anilines is 1. The topological polar surface area (TPSA) is 142 Å². The molecule has 3 unspecified atom stereocenters. The Kier molecular flexibility index (Phi) is 7.10. The van der Waals surface area contributed by atoms with Gasteiger partial charge >= 0.3 is 0 Å². The minimum absolute atomic E-state index is 0.0306. The molecule has 4 N–H and O–H groups in total. The lowest BCUT2D eigenvalue weighted by atomic mass is 9.87. The first-order valence-electron chi connectivity index (χ1n) is 13.7. The number of nitrogens with zero attached hydrogens (tertiary/aromatic N) is 5. The maximum atomic E-state index is 13.8. The zero-order chi connectivity index (χ0) is 28.5. The maximum Gasteiger partial charge on any atom is 0.272 e. The number of carbonyl (C=O) groups is 2. The predicted molar refractivity (Wildman–Crippen MR) is 156 cm³/mol. The van der Waals surface area contributed by atoms with Crippen LogP contribution in [0.3, 0.4) is 0 Å². The van der Waals surface area contributed by atoms with Gasteiger partial charge in [0.15, 0.2) is 5.58 Å². The summed E-state index contributed by atoms with van der Waals surface area (Å²) in [6.07, 6.45) is 3.50. The van der Waals surface area contributed by atoms with Crippen LogP contribution in [0.5, 0.6) is 0 Å². The summed E-state index contributed by atoms with van der Waals surface area (Å²) in [5, 5.41) is 7.06. The molecular formula is C30H32N8O3. The summed E-state index contributed by atoms with van der Waals surface area (Å²) >= 11 is 0. The first-order valence-corrected chi connectivity index (χ1v) is 13.7. The highest BCUT2D eigenvalue weighted by molar-refractivity contribution is 5.94. The molecule has 0 radical (unpaired) electrons. The molecular weight excluding hydrogens is 520 g/mol. The molecule has 11 heteroatoms. The molecule has 5 heterocycles. The Hall–Kier alpha value is -4.77.